The lowest BCUT2D eigenvalue weighted by atomic mass is 10.2. The van der Waals surface area contributed by atoms with Crippen molar-refractivity contribution in [2.45, 2.75) is 19.6 Å². The Morgan fingerprint density at radius 3 is 2.70 bits per heavy atom. The number of hydrogen-bond donors (Lipinski definition) is 2. The van der Waals surface area contributed by atoms with Gasteiger partial charge in [0.15, 0.2) is 0 Å². The molecule has 0 aliphatic heterocycles. The van der Waals surface area contributed by atoms with E-state index in [2.05, 4.69) is 20.8 Å². The number of rotatable bonds is 7. The number of carbonyl (C=O) groups is 1. The number of aromatic amines is 1. The number of benzene rings is 2. The van der Waals surface area contributed by atoms with Gasteiger partial charge in [-0.3, -0.25) is 4.79 Å². The van der Waals surface area contributed by atoms with Crippen molar-refractivity contribution in [1.82, 2.24) is 20.2 Å². The molecule has 0 radical (unpaired) electrons. The molecule has 1 heterocycles. The van der Waals surface area contributed by atoms with Gasteiger partial charge in [-0.2, -0.15) is 4.68 Å². The number of ether oxygens (including phenoxy) is 2. The average Bonchev–Trinajstić information content (AvgIpc) is 3.12. The third-order valence-corrected chi connectivity index (χ3v) is 3.85. The molecule has 9 heteroatoms. The lowest BCUT2D eigenvalue weighted by molar-refractivity contribution is -0.127. The van der Waals surface area contributed by atoms with E-state index >= 15 is 0 Å². The van der Waals surface area contributed by atoms with Crippen LogP contribution < -0.4 is 15.7 Å². The highest BCUT2D eigenvalue weighted by atomic mass is 16.5. The molecular formula is C18H19N5O4. The number of hydrogen-bond acceptors (Lipinski definition) is 6. The van der Waals surface area contributed by atoms with Crippen molar-refractivity contribution >= 4 is 11.6 Å². The van der Waals surface area contributed by atoms with Crippen LogP contribution in [0.2, 0.25) is 0 Å². The third-order valence-electron chi connectivity index (χ3n) is 3.85. The van der Waals surface area contributed by atoms with Gasteiger partial charge in [0, 0.05) is 5.69 Å². The Hall–Kier alpha value is -3.46. The number of aromatic nitrogens is 4. The molecule has 140 valence electrons. The first-order valence-corrected chi connectivity index (χ1v) is 8.23. The summed E-state index contributed by atoms with van der Waals surface area (Å²) in [5.74, 6) is 0.462. The van der Waals surface area contributed by atoms with E-state index in [1.165, 1.54) is 0 Å². The lowest BCUT2D eigenvalue weighted by Gasteiger charge is -2.14. The maximum atomic E-state index is 12.3. The van der Waals surface area contributed by atoms with Crippen molar-refractivity contribution in [1.29, 1.82) is 0 Å². The van der Waals surface area contributed by atoms with Gasteiger partial charge in [0.2, 0.25) is 0 Å². The van der Waals surface area contributed by atoms with E-state index in [1.807, 2.05) is 24.3 Å². The van der Waals surface area contributed by atoms with Gasteiger partial charge in [-0.25, -0.2) is 9.89 Å². The van der Waals surface area contributed by atoms with Crippen LogP contribution in [0.1, 0.15) is 12.5 Å². The van der Waals surface area contributed by atoms with Crippen LogP contribution in [0.5, 0.6) is 5.75 Å². The molecular weight excluding hydrogens is 350 g/mol. The summed E-state index contributed by atoms with van der Waals surface area (Å²) in [5.41, 5.74) is 1.59. The van der Waals surface area contributed by atoms with Crippen LogP contribution in [-0.4, -0.2) is 39.3 Å². The van der Waals surface area contributed by atoms with Crippen LogP contribution in [0.25, 0.3) is 5.69 Å². The molecule has 3 aromatic rings. The maximum absolute atomic E-state index is 12.3. The molecule has 0 bridgehead atoms. The summed E-state index contributed by atoms with van der Waals surface area (Å²) in [4.78, 5) is 23.8. The van der Waals surface area contributed by atoms with E-state index in [1.54, 1.807) is 38.3 Å². The topological polar surface area (TPSA) is 111 Å². The summed E-state index contributed by atoms with van der Waals surface area (Å²) >= 11 is 0. The first-order chi connectivity index (χ1) is 13.1. The molecule has 3 rings (SSSR count). The van der Waals surface area contributed by atoms with E-state index in [9.17, 15) is 9.59 Å². The third kappa shape index (κ3) is 4.59. The maximum Gasteiger partial charge on any atom is 0.365 e. The summed E-state index contributed by atoms with van der Waals surface area (Å²) in [7, 11) is 1.60. The van der Waals surface area contributed by atoms with Crippen molar-refractivity contribution in [3.63, 3.8) is 0 Å². The highest BCUT2D eigenvalue weighted by molar-refractivity contribution is 5.93. The Bertz CT molecular complexity index is 964. The summed E-state index contributed by atoms with van der Waals surface area (Å²) < 4.78 is 11.9. The predicted molar refractivity (Wildman–Crippen MR) is 97.9 cm³/mol. The molecule has 0 spiro atoms. The number of H-pyrrole nitrogens is 1. The van der Waals surface area contributed by atoms with E-state index in [4.69, 9.17) is 9.47 Å². The van der Waals surface area contributed by atoms with Crippen LogP contribution in [0.4, 0.5) is 5.69 Å². The Morgan fingerprint density at radius 1 is 1.26 bits per heavy atom. The number of tetrazole rings is 1. The standard InChI is InChI=1S/C18H19N5O4/c1-12(27-11-13-4-3-5-16(10-13)26-2)17(24)19-14-6-8-15(9-7-14)23-18(25)20-21-22-23/h3-10,12H,11H2,1-2H3,(H,19,24)(H,20,22,25). The zero-order valence-corrected chi connectivity index (χ0v) is 14.9. The average molecular weight is 369 g/mol. The second kappa shape index (κ2) is 8.28. The molecule has 0 fully saturated rings. The summed E-state index contributed by atoms with van der Waals surface area (Å²) in [6.45, 7) is 1.97. The smallest absolute Gasteiger partial charge is 0.365 e. The predicted octanol–water partition coefficient (Wildman–Crippen LogP) is 1.51. The second-order valence-corrected chi connectivity index (χ2v) is 5.76. The quantitative estimate of drug-likeness (QED) is 0.653. The van der Waals surface area contributed by atoms with Crippen LogP contribution in [0.3, 0.4) is 0 Å². The van der Waals surface area contributed by atoms with E-state index in [0.717, 1.165) is 16.0 Å². The van der Waals surface area contributed by atoms with Crippen LogP contribution in [0, 0.1) is 0 Å². The largest absolute Gasteiger partial charge is 0.497 e. The van der Waals surface area contributed by atoms with Crippen LogP contribution in [0.15, 0.2) is 53.3 Å². The Labute approximate surface area is 154 Å². The highest BCUT2D eigenvalue weighted by Gasteiger charge is 2.14. The van der Waals surface area contributed by atoms with Crippen molar-refractivity contribution in [3.8, 4) is 11.4 Å². The molecule has 0 aliphatic carbocycles. The van der Waals surface area contributed by atoms with Gasteiger partial charge in [0.25, 0.3) is 5.91 Å². The number of anilines is 1. The number of amides is 1. The molecule has 1 unspecified atom stereocenters. The zero-order valence-electron chi connectivity index (χ0n) is 14.9. The highest BCUT2D eigenvalue weighted by Crippen LogP contribution is 2.15. The minimum Gasteiger partial charge on any atom is -0.497 e. The number of nitrogens with zero attached hydrogens (tertiary/aromatic N) is 3. The van der Waals surface area contributed by atoms with Crippen molar-refractivity contribution in [2.24, 2.45) is 0 Å². The number of methoxy groups -OCH3 is 1. The van der Waals surface area contributed by atoms with Gasteiger partial charge in [0.1, 0.15) is 11.9 Å². The number of nitrogens with one attached hydrogen (secondary N) is 2. The normalized spacial score (nSPS) is 11.8. The molecule has 1 atom stereocenters. The first-order valence-electron chi connectivity index (χ1n) is 8.23. The van der Waals surface area contributed by atoms with Crippen molar-refractivity contribution in [3.05, 3.63) is 64.6 Å². The van der Waals surface area contributed by atoms with E-state index in [0.29, 0.717) is 18.0 Å². The zero-order chi connectivity index (χ0) is 19.2. The molecule has 0 aliphatic rings. The molecule has 0 saturated carbocycles. The SMILES string of the molecule is COc1cccc(COC(C)C(=O)Nc2ccc(-n3nn[nH]c3=O)cc2)c1. The molecule has 0 saturated heterocycles. The Balaban J connectivity index is 1.56. The minimum atomic E-state index is -0.644. The fourth-order valence-corrected chi connectivity index (χ4v) is 2.36. The molecule has 27 heavy (non-hydrogen) atoms. The van der Waals surface area contributed by atoms with Gasteiger partial charge >= 0.3 is 5.69 Å². The molecule has 9 nitrogen and oxygen atoms in total. The summed E-state index contributed by atoms with van der Waals surface area (Å²) in [6.07, 6.45) is -0.644. The van der Waals surface area contributed by atoms with E-state index < -0.39 is 11.8 Å². The summed E-state index contributed by atoms with van der Waals surface area (Å²) in [6, 6.07) is 14.1. The van der Waals surface area contributed by atoms with Crippen molar-refractivity contribution < 1.29 is 14.3 Å². The van der Waals surface area contributed by atoms with Crippen LogP contribution in [-0.2, 0) is 16.1 Å². The first kappa shape index (κ1) is 18.3. The van der Waals surface area contributed by atoms with Crippen LogP contribution >= 0.6 is 0 Å². The Kier molecular flexibility index (Phi) is 5.62. The Morgan fingerprint density at radius 2 is 2.04 bits per heavy atom. The van der Waals surface area contributed by atoms with E-state index in [-0.39, 0.29) is 5.91 Å². The lowest BCUT2D eigenvalue weighted by Crippen LogP contribution is -2.27. The van der Waals surface area contributed by atoms with Crippen molar-refractivity contribution in [2.75, 3.05) is 12.4 Å². The molecule has 1 amide bonds. The monoisotopic (exact) mass is 369 g/mol. The van der Waals surface area contributed by atoms with Gasteiger partial charge in [0.05, 0.1) is 19.4 Å². The second-order valence-electron chi connectivity index (χ2n) is 5.76. The molecule has 1 aromatic heterocycles. The summed E-state index contributed by atoms with van der Waals surface area (Å²) in [5, 5.41) is 12.1. The minimum absolute atomic E-state index is 0.274. The van der Waals surface area contributed by atoms with Gasteiger partial charge in [-0.1, -0.05) is 12.1 Å². The number of carbonyl (C=O) groups excluding carboxylic acids is 1. The van der Waals surface area contributed by atoms with Gasteiger partial charge in [-0.05, 0) is 59.3 Å². The fraction of sp³-hybridized carbons (Fsp3) is 0.222. The van der Waals surface area contributed by atoms with Gasteiger partial charge < -0.3 is 14.8 Å². The van der Waals surface area contributed by atoms with Gasteiger partial charge in [-0.15, -0.1) is 0 Å². The fourth-order valence-electron chi connectivity index (χ4n) is 2.36. The molecule has 2 N–H and O–H groups in total. The molecule has 2 aromatic carbocycles.